The second-order valence-electron chi connectivity index (χ2n) is 6.26. The molecule has 0 aliphatic rings. The number of nitrogens with two attached hydrogens (primary N) is 1. The zero-order chi connectivity index (χ0) is 14.8. The molecule has 2 N–H and O–H groups in total. The van der Waals surface area contributed by atoms with Gasteiger partial charge in [0.25, 0.3) is 0 Å². The number of hydrogen-bond donors (Lipinski definition) is 1. The van der Waals surface area contributed by atoms with Gasteiger partial charge in [-0.25, -0.2) is 4.98 Å². The highest BCUT2D eigenvalue weighted by Crippen LogP contribution is 2.19. The maximum Gasteiger partial charge on any atom is 0.0948 e. The van der Waals surface area contributed by atoms with Gasteiger partial charge in [0, 0.05) is 18.8 Å². The molecule has 0 aliphatic carbocycles. The summed E-state index contributed by atoms with van der Waals surface area (Å²) in [4.78, 5) is 4.26. The van der Waals surface area contributed by atoms with Crippen LogP contribution >= 0.6 is 0 Å². The summed E-state index contributed by atoms with van der Waals surface area (Å²) in [6, 6.07) is 0.103. The first kappa shape index (κ1) is 17.2. The molecule has 0 saturated heterocycles. The van der Waals surface area contributed by atoms with Crippen LogP contribution in [0.2, 0.25) is 0 Å². The highest BCUT2D eigenvalue weighted by atomic mass is 15.1. The Kier molecular flexibility index (Phi) is 8.59. The molecule has 20 heavy (non-hydrogen) atoms. The largest absolute Gasteiger partial charge is 0.333 e. The van der Waals surface area contributed by atoms with Crippen LogP contribution in [0.5, 0.6) is 0 Å². The van der Waals surface area contributed by atoms with Crippen LogP contribution < -0.4 is 5.73 Å². The van der Waals surface area contributed by atoms with Crippen LogP contribution in [0.15, 0.2) is 12.5 Å². The summed E-state index contributed by atoms with van der Waals surface area (Å²) >= 11 is 0. The number of aryl methyl sites for hydroxylation is 1. The Morgan fingerprint density at radius 2 is 1.65 bits per heavy atom. The predicted molar refractivity (Wildman–Crippen MR) is 86.6 cm³/mol. The quantitative estimate of drug-likeness (QED) is 0.598. The third-order valence-electron chi connectivity index (χ3n) is 4.06. The first-order valence-electron chi connectivity index (χ1n) is 8.42. The van der Waals surface area contributed by atoms with Gasteiger partial charge < -0.3 is 10.3 Å². The topological polar surface area (TPSA) is 43.8 Å². The molecule has 0 fully saturated rings. The lowest BCUT2D eigenvalue weighted by Crippen LogP contribution is -2.20. The highest BCUT2D eigenvalue weighted by Gasteiger charge is 2.14. The number of nitrogens with zero attached hydrogens (tertiary/aromatic N) is 2. The average Bonchev–Trinajstić information content (AvgIpc) is 2.89. The monoisotopic (exact) mass is 279 g/mol. The molecule has 1 unspecified atom stereocenters. The average molecular weight is 279 g/mol. The molecule has 0 saturated carbocycles. The van der Waals surface area contributed by atoms with Crippen molar-refractivity contribution in [3.63, 3.8) is 0 Å². The summed E-state index contributed by atoms with van der Waals surface area (Å²) in [5.74, 6) is 0.462. The fraction of sp³-hybridized carbons (Fsp3) is 0.824. The molecule has 1 aromatic heterocycles. The first-order chi connectivity index (χ1) is 9.66. The molecule has 0 aliphatic heterocycles. The van der Waals surface area contributed by atoms with Gasteiger partial charge in [0.15, 0.2) is 0 Å². The van der Waals surface area contributed by atoms with E-state index in [9.17, 15) is 0 Å². The molecule has 3 nitrogen and oxygen atoms in total. The van der Waals surface area contributed by atoms with Crippen molar-refractivity contribution >= 4 is 0 Å². The summed E-state index contributed by atoms with van der Waals surface area (Å²) in [6.07, 6.45) is 14.7. The first-order valence-corrected chi connectivity index (χ1v) is 8.42. The van der Waals surface area contributed by atoms with Gasteiger partial charge in [-0.2, -0.15) is 0 Å². The van der Waals surface area contributed by atoms with Gasteiger partial charge in [0.2, 0.25) is 0 Å². The Hall–Kier alpha value is -0.830. The SMILES string of the molecule is CCCCCCCCCCn1cncc1C(N)C(C)C. The maximum atomic E-state index is 6.22. The van der Waals surface area contributed by atoms with Gasteiger partial charge in [-0.15, -0.1) is 0 Å². The van der Waals surface area contributed by atoms with E-state index >= 15 is 0 Å². The summed E-state index contributed by atoms with van der Waals surface area (Å²) in [6.45, 7) is 7.66. The molecule has 3 heteroatoms. The fourth-order valence-corrected chi connectivity index (χ4v) is 2.55. The van der Waals surface area contributed by atoms with E-state index in [4.69, 9.17) is 5.73 Å². The third-order valence-corrected chi connectivity index (χ3v) is 4.06. The highest BCUT2D eigenvalue weighted by molar-refractivity contribution is 5.05. The molecule has 1 heterocycles. The molecule has 0 bridgehead atoms. The Balaban J connectivity index is 2.18. The van der Waals surface area contributed by atoms with Crippen LogP contribution in [0.25, 0.3) is 0 Å². The number of unbranched alkanes of at least 4 members (excludes halogenated alkanes) is 7. The van der Waals surface area contributed by atoms with E-state index in [1.807, 2.05) is 12.5 Å². The molecule has 116 valence electrons. The molecule has 1 aromatic rings. The zero-order valence-electron chi connectivity index (χ0n) is 13.6. The van der Waals surface area contributed by atoms with Crippen molar-refractivity contribution in [2.45, 2.75) is 84.7 Å². The van der Waals surface area contributed by atoms with Crippen molar-refractivity contribution in [2.75, 3.05) is 0 Å². The van der Waals surface area contributed by atoms with E-state index < -0.39 is 0 Å². The van der Waals surface area contributed by atoms with Crippen molar-refractivity contribution in [1.29, 1.82) is 0 Å². The minimum Gasteiger partial charge on any atom is -0.333 e. The van der Waals surface area contributed by atoms with Gasteiger partial charge in [0.1, 0.15) is 0 Å². The lowest BCUT2D eigenvalue weighted by molar-refractivity contribution is 0.466. The van der Waals surface area contributed by atoms with E-state index in [2.05, 4.69) is 30.3 Å². The Labute approximate surface area is 125 Å². The van der Waals surface area contributed by atoms with Gasteiger partial charge >= 0.3 is 0 Å². The second kappa shape index (κ2) is 9.98. The molecule has 0 radical (unpaired) electrons. The Morgan fingerprint density at radius 1 is 1.05 bits per heavy atom. The lowest BCUT2D eigenvalue weighted by Gasteiger charge is -2.17. The van der Waals surface area contributed by atoms with Crippen LogP contribution in [0.1, 0.15) is 83.9 Å². The van der Waals surface area contributed by atoms with Crippen LogP contribution in [0.3, 0.4) is 0 Å². The summed E-state index contributed by atoms with van der Waals surface area (Å²) in [7, 11) is 0. The summed E-state index contributed by atoms with van der Waals surface area (Å²) in [5, 5.41) is 0. The number of rotatable bonds is 11. The fourth-order valence-electron chi connectivity index (χ4n) is 2.55. The summed E-state index contributed by atoms with van der Waals surface area (Å²) in [5.41, 5.74) is 7.40. The maximum absolute atomic E-state index is 6.22. The standard InChI is InChI=1S/C17H33N3/c1-4-5-6-7-8-9-10-11-12-20-14-19-13-16(20)17(18)15(2)3/h13-15,17H,4-12,18H2,1-3H3. The second-order valence-corrected chi connectivity index (χ2v) is 6.26. The zero-order valence-corrected chi connectivity index (χ0v) is 13.6. The van der Waals surface area contributed by atoms with E-state index in [1.54, 1.807) is 0 Å². The smallest absolute Gasteiger partial charge is 0.0948 e. The van der Waals surface area contributed by atoms with Crippen LogP contribution in [0, 0.1) is 5.92 Å². The molecule has 0 aromatic carbocycles. The molecule has 0 amide bonds. The molecule has 1 atom stereocenters. The van der Waals surface area contributed by atoms with Gasteiger partial charge in [0.05, 0.1) is 12.0 Å². The lowest BCUT2D eigenvalue weighted by atomic mass is 10.0. The van der Waals surface area contributed by atoms with Crippen molar-refractivity contribution in [3.05, 3.63) is 18.2 Å². The van der Waals surface area contributed by atoms with Crippen LogP contribution in [-0.2, 0) is 6.54 Å². The van der Waals surface area contributed by atoms with Gasteiger partial charge in [-0.05, 0) is 12.3 Å². The van der Waals surface area contributed by atoms with Crippen molar-refractivity contribution in [3.8, 4) is 0 Å². The van der Waals surface area contributed by atoms with Crippen LogP contribution in [-0.4, -0.2) is 9.55 Å². The van der Waals surface area contributed by atoms with Crippen LogP contribution in [0.4, 0.5) is 0 Å². The van der Waals surface area contributed by atoms with Gasteiger partial charge in [-0.3, -0.25) is 0 Å². The molecule has 1 rings (SSSR count). The normalized spacial score (nSPS) is 13.1. The summed E-state index contributed by atoms with van der Waals surface area (Å²) < 4.78 is 2.24. The molecular formula is C17H33N3. The van der Waals surface area contributed by atoms with E-state index in [1.165, 1.54) is 57.1 Å². The van der Waals surface area contributed by atoms with Gasteiger partial charge in [-0.1, -0.05) is 65.7 Å². The van der Waals surface area contributed by atoms with Crippen molar-refractivity contribution in [2.24, 2.45) is 11.7 Å². The minimum absolute atomic E-state index is 0.103. The number of imidazole rings is 1. The molecule has 0 spiro atoms. The predicted octanol–water partition coefficient (Wildman–Crippen LogP) is 4.68. The number of hydrogen-bond acceptors (Lipinski definition) is 2. The Morgan fingerprint density at radius 3 is 2.25 bits per heavy atom. The minimum atomic E-state index is 0.103. The van der Waals surface area contributed by atoms with E-state index in [-0.39, 0.29) is 6.04 Å². The Bertz CT molecular complexity index is 344. The van der Waals surface area contributed by atoms with E-state index in [0.717, 1.165) is 6.54 Å². The van der Waals surface area contributed by atoms with Crippen molar-refractivity contribution in [1.82, 2.24) is 9.55 Å². The van der Waals surface area contributed by atoms with E-state index in [0.29, 0.717) is 5.92 Å². The number of aromatic nitrogens is 2. The van der Waals surface area contributed by atoms with Crippen molar-refractivity contribution < 1.29 is 0 Å². The third kappa shape index (κ3) is 6.08. The molecular weight excluding hydrogens is 246 g/mol.